The molecular formula is C10H8FN3O3. The van der Waals surface area contributed by atoms with Gasteiger partial charge in [-0.2, -0.15) is 4.98 Å². The molecule has 7 heteroatoms. The van der Waals surface area contributed by atoms with Gasteiger partial charge in [-0.15, -0.1) is 0 Å². The SMILES string of the molecule is O=C(O)c1c(F)cccc1NCc1ncon1. The van der Waals surface area contributed by atoms with Crippen LogP contribution in [0.2, 0.25) is 0 Å². The van der Waals surface area contributed by atoms with Gasteiger partial charge in [0.05, 0.1) is 12.2 Å². The van der Waals surface area contributed by atoms with Crippen molar-refractivity contribution in [2.75, 3.05) is 5.32 Å². The lowest BCUT2D eigenvalue weighted by Gasteiger charge is -2.07. The summed E-state index contributed by atoms with van der Waals surface area (Å²) in [6.07, 6.45) is 1.15. The van der Waals surface area contributed by atoms with E-state index in [0.29, 0.717) is 5.82 Å². The molecule has 0 aliphatic carbocycles. The highest BCUT2D eigenvalue weighted by Gasteiger charge is 2.15. The lowest BCUT2D eigenvalue weighted by molar-refractivity contribution is 0.0693. The summed E-state index contributed by atoms with van der Waals surface area (Å²) in [6, 6.07) is 3.97. The lowest BCUT2D eigenvalue weighted by Crippen LogP contribution is -2.09. The lowest BCUT2D eigenvalue weighted by atomic mass is 10.1. The van der Waals surface area contributed by atoms with Gasteiger partial charge in [-0.25, -0.2) is 9.18 Å². The molecule has 1 heterocycles. The third-order valence-electron chi connectivity index (χ3n) is 2.07. The average Bonchev–Trinajstić information content (AvgIpc) is 2.78. The van der Waals surface area contributed by atoms with E-state index in [1.807, 2.05) is 0 Å². The number of carboxylic acid groups (broad SMARTS) is 1. The van der Waals surface area contributed by atoms with Crippen LogP contribution in [0.15, 0.2) is 29.1 Å². The van der Waals surface area contributed by atoms with E-state index in [1.165, 1.54) is 12.1 Å². The first-order chi connectivity index (χ1) is 8.18. The number of aromatic carboxylic acids is 1. The van der Waals surface area contributed by atoms with Crippen molar-refractivity contribution in [2.45, 2.75) is 6.54 Å². The summed E-state index contributed by atoms with van der Waals surface area (Å²) in [5.74, 6) is -1.78. The second-order valence-electron chi connectivity index (χ2n) is 3.17. The van der Waals surface area contributed by atoms with E-state index in [0.717, 1.165) is 12.5 Å². The first-order valence-corrected chi connectivity index (χ1v) is 4.69. The number of anilines is 1. The molecule has 88 valence electrons. The van der Waals surface area contributed by atoms with Gasteiger partial charge < -0.3 is 14.9 Å². The van der Waals surface area contributed by atoms with Gasteiger partial charge in [0.2, 0.25) is 6.39 Å². The largest absolute Gasteiger partial charge is 0.478 e. The first kappa shape index (κ1) is 11.1. The summed E-state index contributed by atoms with van der Waals surface area (Å²) >= 11 is 0. The van der Waals surface area contributed by atoms with Gasteiger partial charge in [-0.05, 0) is 12.1 Å². The zero-order chi connectivity index (χ0) is 12.3. The number of hydrogen-bond acceptors (Lipinski definition) is 5. The van der Waals surface area contributed by atoms with Crippen molar-refractivity contribution in [3.8, 4) is 0 Å². The van der Waals surface area contributed by atoms with Gasteiger partial charge in [0.1, 0.15) is 11.4 Å². The Morgan fingerprint density at radius 3 is 3.00 bits per heavy atom. The van der Waals surface area contributed by atoms with Crippen LogP contribution in [-0.2, 0) is 6.54 Å². The first-order valence-electron chi connectivity index (χ1n) is 4.69. The maximum Gasteiger partial charge on any atom is 0.340 e. The number of nitrogens with zero attached hydrogens (tertiary/aromatic N) is 2. The van der Waals surface area contributed by atoms with E-state index in [4.69, 9.17) is 5.11 Å². The zero-order valence-corrected chi connectivity index (χ0v) is 8.55. The fourth-order valence-electron chi connectivity index (χ4n) is 1.33. The standard InChI is InChI=1S/C10H8FN3O3/c11-6-2-1-3-7(9(6)10(15)16)12-4-8-13-5-17-14-8/h1-3,5,12H,4H2,(H,15,16). The van der Waals surface area contributed by atoms with Crippen LogP contribution in [0.25, 0.3) is 0 Å². The summed E-state index contributed by atoms with van der Waals surface area (Å²) in [6.45, 7) is 0.153. The monoisotopic (exact) mass is 237 g/mol. The minimum atomic E-state index is -1.33. The van der Waals surface area contributed by atoms with Crippen LogP contribution < -0.4 is 5.32 Å². The molecule has 1 aromatic heterocycles. The van der Waals surface area contributed by atoms with Gasteiger partial charge in [0.25, 0.3) is 0 Å². The van der Waals surface area contributed by atoms with E-state index < -0.39 is 17.3 Å². The van der Waals surface area contributed by atoms with Crippen molar-refractivity contribution in [1.29, 1.82) is 0 Å². The molecule has 0 atom stereocenters. The highest BCUT2D eigenvalue weighted by atomic mass is 19.1. The Labute approximate surface area is 95.1 Å². The molecule has 6 nitrogen and oxygen atoms in total. The Morgan fingerprint density at radius 2 is 2.35 bits per heavy atom. The molecule has 0 amide bonds. The van der Waals surface area contributed by atoms with Crippen molar-refractivity contribution in [1.82, 2.24) is 10.1 Å². The summed E-state index contributed by atoms with van der Waals surface area (Å²) < 4.78 is 17.8. The number of carboxylic acids is 1. The van der Waals surface area contributed by atoms with Crippen molar-refractivity contribution in [2.24, 2.45) is 0 Å². The Bertz CT molecular complexity index is 528. The van der Waals surface area contributed by atoms with Crippen molar-refractivity contribution < 1.29 is 18.8 Å². The van der Waals surface area contributed by atoms with Gasteiger partial charge >= 0.3 is 5.97 Å². The average molecular weight is 237 g/mol. The number of aromatic nitrogens is 2. The molecule has 0 aliphatic heterocycles. The Balaban J connectivity index is 2.21. The maximum atomic E-state index is 13.3. The second kappa shape index (κ2) is 4.60. The highest BCUT2D eigenvalue weighted by Crippen LogP contribution is 2.19. The van der Waals surface area contributed by atoms with Gasteiger partial charge in [0, 0.05) is 0 Å². The Morgan fingerprint density at radius 1 is 1.53 bits per heavy atom. The van der Waals surface area contributed by atoms with Crippen LogP contribution in [0.3, 0.4) is 0 Å². The van der Waals surface area contributed by atoms with Crippen LogP contribution in [0.1, 0.15) is 16.2 Å². The predicted octanol–water partition coefficient (Wildman–Crippen LogP) is 1.52. The normalized spacial score (nSPS) is 10.2. The summed E-state index contributed by atoms with van der Waals surface area (Å²) in [4.78, 5) is 14.6. The van der Waals surface area contributed by atoms with Crippen LogP contribution >= 0.6 is 0 Å². The molecule has 0 bridgehead atoms. The smallest absolute Gasteiger partial charge is 0.340 e. The van der Waals surface area contributed by atoms with Gasteiger partial charge in [-0.3, -0.25) is 0 Å². The number of benzene rings is 1. The van der Waals surface area contributed by atoms with E-state index >= 15 is 0 Å². The van der Waals surface area contributed by atoms with Crippen LogP contribution in [-0.4, -0.2) is 21.2 Å². The molecule has 2 rings (SSSR count). The molecule has 0 unspecified atom stereocenters. The number of hydrogen-bond donors (Lipinski definition) is 2. The highest BCUT2D eigenvalue weighted by molar-refractivity contribution is 5.94. The molecule has 17 heavy (non-hydrogen) atoms. The summed E-state index contributed by atoms with van der Waals surface area (Å²) in [5.41, 5.74) is -0.238. The molecule has 2 N–H and O–H groups in total. The second-order valence-corrected chi connectivity index (χ2v) is 3.17. The maximum absolute atomic E-state index is 13.3. The predicted molar refractivity (Wildman–Crippen MR) is 55.0 cm³/mol. The van der Waals surface area contributed by atoms with Crippen molar-refractivity contribution >= 4 is 11.7 Å². The Hall–Kier alpha value is -2.44. The molecule has 2 aromatic rings. The molecule has 0 spiro atoms. The van der Waals surface area contributed by atoms with Crippen LogP contribution in [0.4, 0.5) is 10.1 Å². The van der Waals surface area contributed by atoms with E-state index in [1.54, 1.807) is 0 Å². The zero-order valence-electron chi connectivity index (χ0n) is 8.55. The van der Waals surface area contributed by atoms with Gasteiger partial charge in [-0.1, -0.05) is 11.2 Å². The number of rotatable bonds is 4. The minimum absolute atomic E-state index is 0.153. The molecule has 0 fully saturated rings. The molecule has 0 aliphatic rings. The summed E-state index contributed by atoms with van der Waals surface area (Å²) in [5, 5.41) is 15.1. The third-order valence-corrected chi connectivity index (χ3v) is 2.07. The van der Waals surface area contributed by atoms with Crippen molar-refractivity contribution in [3.05, 3.63) is 41.8 Å². The fraction of sp³-hybridized carbons (Fsp3) is 0.100. The molecule has 1 aromatic carbocycles. The minimum Gasteiger partial charge on any atom is -0.478 e. The third kappa shape index (κ3) is 2.39. The topological polar surface area (TPSA) is 88.2 Å². The van der Waals surface area contributed by atoms with E-state index in [9.17, 15) is 9.18 Å². The molecule has 0 saturated heterocycles. The number of nitrogens with one attached hydrogen (secondary N) is 1. The number of carbonyl (C=O) groups is 1. The van der Waals surface area contributed by atoms with Crippen LogP contribution in [0.5, 0.6) is 0 Å². The van der Waals surface area contributed by atoms with E-state index in [-0.39, 0.29) is 12.2 Å². The Kier molecular flexibility index (Phi) is 2.99. The summed E-state index contributed by atoms with van der Waals surface area (Å²) in [7, 11) is 0. The van der Waals surface area contributed by atoms with Gasteiger partial charge in [0.15, 0.2) is 5.82 Å². The molecule has 0 saturated carbocycles. The van der Waals surface area contributed by atoms with Crippen molar-refractivity contribution in [3.63, 3.8) is 0 Å². The molecular weight excluding hydrogens is 229 g/mol. The van der Waals surface area contributed by atoms with Crippen LogP contribution in [0, 0.1) is 5.82 Å². The quantitative estimate of drug-likeness (QED) is 0.838. The number of halogens is 1. The van der Waals surface area contributed by atoms with E-state index in [2.05, 4.69) is 20.0 Å². The fourth-order valence-corrected chi connectivity index (χ4v) is 1.33. The molecule has 0 radical (unpaired) electrons.